The van der Waals surface area contributed by atoms with Gasteiger partial charge in [0.15, 0.2) is 5.69 Å². The van der Waals surface area contributed by atoms with Crippen LogP contribution >= 0.6 is 11.6 Å². The van der Waals surface area contributed by atoms with E-state index in [9.17, 15) is 22.8 Å². The van der Waals surface area contributed by atoms with E-state index in [1.54, 1.807) is 13.8 Å². The van der Waals surface area contributed by atoms with Crippen LogP contribution in [0.4, 0.5) is 18.9 Å². The molecule has 0 spiro atoms. The van der Waals surface area contributed by atoms with Crippen LogP contribution in [0.5, 0.6) is 5.88 Å². The van der Waals surface area contributed by atoms with Gasteiger partial charge in [0.2, 0.25) is 11.6 Å². The predicted molar refractivity (Wildman–Crippen MR) is 116 cm³/mol. The zero-order chi connectivity index (χ0) is 25.3. The lowest BCUT2D eigenvalue weighted by molar-refractivity contribution is -0.138. The van der Waals surface area contributed by atoms with Crippen molar-refractivity contribution in [3.05, 3.63) is 58.2 Å². The second kappa shape index (κ2) is 9.47. The fourth-order valence-corrected chi connectivity index (χ4v) is 3.35. The minimum absolute atomic E-state index is 0.0297. The van der Waals surface area contributed by atoms with E-state index in [1.807, 2.05) is 0 Å². The molecule has 0 fully saturated rings. The molecule has 2 atom stereocenters. The van der Waals surface area contributed by atoms with Gasteiger partial charge in [-0.3, -0.25) is 9.59 Å². The van der Waals surface area contributed by atoms with Gasteiger partial charge in [-0.05, 0) is 44.5 Å². The molecule has 1 aromatic heterocycles. The van der Waals surface area contributed by atoms with Crippen molar-refractivity contribution in [2.24, 2.45) is 0 Å². The smallest absolute Gasteiger partial charge is 0.416 e. The zero-order valence-electron chi connectivity index (χ0n) is 18.5. The Labute approximate surface area is 197 Å². The lowest BCUT2D eigenvalue weighted by atomic mass is 9.94. The summed E-state index contributed by atoms with van der Waals surface area (Å²) in [5, 5.41) is 5.01. The Morgan fingerprint density at radius 1 is 1.26 bits per heavy atom. The number of halogens is 4. The molecule has 1 aromatic carbocycles. The first-order valence-electron chi connectivity index (χ1n) is 9.87. The maximum Gasteiger partial charge on any atom is 0.416 e. The van der Waals surface area contributed by atoms with Crippen LogP contribution in [0.15, 0.2) is 36.4 Å². The summed E-state index contributed by atoms with van der Waals surface area (Å²) in [6.07, 6.45) is -2.02. The van der Waals surface area contributed by atoms with Crippen LogP contribution < -0.4 is 20.9 Å². The summed E-state index contributed by atoms with van der Waals surface area (Å²) in [6, 6.07) is 2.82. The maximum atomic E-state index is 13.1. The van der Waals surface area contributed by atoms with E-state index in [4.69, 9.17) is 21.2 Å². The second-order valence-electron chi connectivity index (χ2n) is 7.72. The van der Waals surface area contributed by atoms with Crippen LogP contribution in [0.2, 0.25) is 5.02 Å². The highest BCUT2D eigenvalue weighted by atomic mass is 35.5. The van der Waals surface area contributed by atoms with Crippen molar-refractivity contribution in [1.29, 1.82) is 0 Å². The van der Waals surface area contributed by atoms with Crippen LogP contribution in [-0.2, 0) is 15.8 Å². The highest BCUT2D eigenvalue weighted by Crippen LogP contribution is 2.34. The van der Waals surface area contributed by atoms with Crippen molar-refractivity contribution in [3.8, 4) is 5.88 Å². The number of hydrogen-bond acceptors (Lipinski definition) is 7. The lowest BCUT2D eigenvalue weighted by Gasteiger charge is -2.28. The van der Waals surface area contributed by atoms with E-state index in [0.29, 0.717) is 0 Å². The fourth-order valence-electron chi connectivity index (χ4n) is 3.09. The minimum atomic E-state index is -4.56. The first-order valence-corrected chi connectivity index (χ1v) is 10.2. The average molecular weight is 500 g/mol. The van der Waals surface area contributed by atoms with Gasteiger partial charge in [-0.2, -0.15) is 13.2 Å². The molecule has 0 bridgehead atoms. The monoisotopic (exact) mass is 499 g/mol. The number of anilines is 1. The number of amides is 2. The summed E-state index contributed by atoms with van der Waals surface area (Å²) in [7, 11) is 1.34. The molecule has 0 saturated carbocycles. The Bertz CT molecular complexity index is 1160. The number of hydrogen-bond donors (Lipinski definition) is 3. The van der Waals surface area contributed by atoms with Gasteiger partial charge in [-0.15, -0.1) is 5.48 Å². The number of methoxy groups -OCH3 is 1. The predicted octanol–water partition coefficient (Wildman–Crippen LogP) is 3.40. The number of nitrogens with zero attached hydrogens (tertiary/aromatic N) is 2. The molecule has 0 radical (unpaired) electrons. The highest BCUT2D eigenvalue weighted by molar-refractivity contribution is 6.34. The van der Waals surface area contributed by atoms with E-state index < -0.39 is 35.1 Å². The van der Waals surface area contributed by atoms with Crippen LogP contribution in [0, 0.1) is 6.92 Å². The summed E-state index contributed by atoms with van der Waals surface area (Å²) in [4.78, 5) is 38.1. The Morgan fingerprint density at radius 3 is 2.62 bits per heavy atom. The quantitative estimate of drug-likeness (QED) is 0.558. The standard InChI is InChI=1S/C21H21ClF3N5O4/c1-10-5-6-12(7-13(10)21(23,24)25)29-17(31)14-8-20(3,30-34-14)11(2)28-18(32)16-15(22)19(33-4)27-9-26-16/h5-9,11,30H,1-4H3,(H,28,32)(H,29,31)/t11-,20?/m0/s1. The summed E-state index contributed by atoms with van der Waals surface area (Å²) in [6.45, 7) is 4.62. The molecule has 1 aliphatic rings. The number of nitrogens with one attached hydrogen (secondary N) is 3. The Hall–Kier alpha value is -3.38. The fraction of sp³-hybridized carbons (Fsp3) is 0.333. The van der Waals surface area contributed by atoms with Crippen LogP contribution in [0.3, 0.4) is 0 Å². The molecule has 182 valence electrons. The Balaban J connectivity index is 1.72. The van der Waals surface area contributed by atoms with Gasteiger partial charge < -0.3 is 20.2 Å². The minimum Gasteiger partial charge on any atom is -0.480 e. The second-order valence-corrected chi connectivity index (χ2v) is 8.10. The molecule has 1 unspecified atom stereocenters. The molecule has 1 aliphatic heterocycles. The Morgan fingerprint density at radius 2 is 1.97 bits per heavy atom. The van der Waals surface area contributed by atoms with Crippen molar-refractivity contribution >= 4 is 29.1 Å². The number of carbonyl (C=O) groups is 2. The molecule has 2 amide bonds. The maximum absolute atomic E-state index is 13.1. The molecule has 3 N–H and O–H groups in total. The number of rotatable bonds is 6. The van der Waals surface area contributed by atoms with Gasteiger partial charge in [-0.1, -0.05) is 17.7 Å². The van der Waals surface area contributed by atoms with Crippen LogP contribution in [0.25, 0.3) is 0 Å². The van der Waals surface area contributed by atoms with E-state index in [-0.39, 0.29) is 33.6 Å². The first kappa shape index (κ1) is 25.2. The van der Waals surface area contributed by atoms with Crippen molar-refractivity contribution < 1.29 is 32.3 Å². The van der Waals surface area contributed by atoms with Crippen molar-refractivity contribution in [2.75, 3.05) is 12.4 Å². The lowest BCUT2D eigenvalue weighted by Crippen LogP contribution is -2.54. The third kappa shape index (κ3) is 5.23. The average Bonchev–Trinajstić information content (AvgIpc) is 3.18. The van der Waals surface area contributed by atoms with Crippen molar-refractivity contribution in [1.82, 2.24) is 20.8 Å². The van der Waals surface area contributed by atoms with Gasteiger partial charge in [0.05, 0.1) is 24.3 Å². The normalized spacial score (nSPS) is 18.5. The highest BCUT2D eigenvalue weighted by Gasteiger charge is 2.39. The summed E-state index contributed by atoms with van der Waals surface area (Å²) >= 11 is 6.09. The van der Waals surface area contributed by atoms with Gasteiger partial charge in [0.25, 0.3) is 11.8 Å². The summed E-state index contributed by atoms with van der Waals surface area (Å²) in [5.74, 6) is -1.53. The number of alkyl halides is 3. The molecule has 0 aliphatic carbocycles. The third-order valence-electron chi connectivity index (χ3n) is 5.25. The van der Waals surface area contributed by atoms with Crippen LogP contribution in [-0.4, -0.2) is 40.5 Å². The van der Waals surface area contributed by atoms with Crippen molar-refractivity contribution in [2.45, 2.75) is 38.5 Å². The van der Waals surface area contributed by atoms with Gasteiger partial charge >= 0.3 is 6.18 Å². The van der Waals surface area contributed by atoms with E-state index >= 15 is 0 Å². The third-order valence-corrected chi connectivity index (χ3v) is 5.59. The number of ether oxygens (including phenoxy) is 1. The number of hydroxylamine groups is 1. The SMILES string of the molecule is COc1ncnc(C(=O)N[C@@H](C)C2(C)C=C(C(=O)Nc3ccc(C)c(C(F)(F)F)c3)ON2)c1Cl. The first-order chi connectivity index (χ1) is 15.9. The molecule has 2 aromatic rings. The number of benzene rings is 1. The molecular weight excluding hydrogens is 479 g/mol. The molecule has 9 nitrogen and oxygen atoms in total. The van der Waals surface area contributed by atoms with Crippen LogP contribution in [0.1, 0.15) is 35.5 Å². The number of aryl methyl sites for hydroxylation is 1. The summed E-state index contributed by atoms with van der Waals surface area (Å²) in [5.41, 5.74) is 0.625. The molecule has 2 heterocycles. The molecule has 13 heteroatoms. The molecule has 34 heavy (non-hydrogen) atoms. The topological polar surface area (TPSA) is 114 Å². The van der Waals surface area contributed by atoms with Gasteiger partial charge in [-0.25, -0.2) is 9.97 Å². The van der Waals surface area contributed by atoms with Crippen molar-refractivity contribution in [3.63, 3.8) is 0 Å². The Kier molecular flexibility index (Phi) is 7.03. The van der Waals surface area contributed by atoms with E-state index in [1.165, 1.54) is 32.2 Å². The molecule has 0 saturated heterocycles. The molecular formula is C21H21ClF3N5O4. The summed E-state index contributed by atoms with van der Waals surface area (Å²) < 4.78 is 44.4. The number of aromatic nitrogens is 2. The van der Waals surface area contributed by atoms with E-state index in [0.717, 1.165) is 12.4 Å². The van der Waals surface area contributed by atoms with Gasteiger partial charge in [0.1, 0.15) is 11.3 Å². The van der Waals surface area contributed by atoms with Gasteiger partial charge in [0, 0.05) is 5.69 Å². The largest absolute Gasteiger partial charge is 0.480 e. The number of carbonyl (C=O) groups excluding carboxylic acids is 2. The zero-order valence-corrected chi connectivity index (χ0v) is 19.3. The van der Waals surface area contributed by atoms with E-state index in [2.05, 4.69) is 26.1 Å². The molecule has 3 rings (SSSR count).